The number of amides is 1. The van der Waals surface area contributed by atoms with E-state index in [4.69, 9.17) is 0 Å². The van der Waals surface area contributed by atoms with E-state index >= 15 is 0 Å². The van der Waals surface area contributed by atoms with E-state index in [0.717, 1.165) is 11.1 Å². The van der Waals surface area contributed by atoms with Crippen LogP contribution in [0.15, 0.2) is 54.9 Å². The summed E-state index contributed by atoms with van der Waals surface area (Å²) in [4.78, 5) is 11.9. The van der Waals surface area contributed by atoms with Crippen LogP contribution in [0.2, 0.25) is 0 Å². The summed E-state index contributed by atoms with van der Waals surface area (Å²) >= 11 is 0. The number of benzene rings is 1. The second-order valence-corrected chi connectivity index (χ2v) is 4.47. The molecule has 3 rings (SSSR count). The number of nitrogens with one attached hydrogen (secondary N) is 1. The smallest absolute Gasteiger partial charge is 0.228 e. The number of fused-ring (bicyclic) bond motifs is 1. The molecule has 0 fully saturated rings. The zero-order valence-electron chi connectivity index (χ0n) is 10.6. The Balaban J connectivity index is 1.70. The molecule has 5 heteroatoms. The Bertz CT molecular complexity index is 749. The maximum Gasteiger partial charge on any atom is 0.228 e. The van der Waals surface area contributed by atoms with Crippen molar-refractivity contribution in [2.75, 3.05) is 5.32 Å². The van der Waals surface area contributed by atoms with Crippen LogP contribution in [0.25, 0.3) is 5.52 Å². The van der Waals surface area contributed by atoms with Crippen molar-refractivity contribution >= 4 is 17.1 Å². The first-order valence-electron chi connectivity index (χ1n) is 6.18. The van der Waals surface area contributed by atoms with Gasteiger partial charge in [-0.3, -0.25) is 4.79 Å². The lowest BCUT2D eigenvalue weighted by atomic mass is 10.1. The van der Waals surface area contributed by atoms with E-state index in [2.05, 4.69) is 10.4 Å². The van der Waals surface area contributed by atoms with Crippen molar-refractivity contribution in [2.45, 2.75) is 6.42 Å². The van der Waals surface area contributed by atoms with Crippen molar-refractivity contribution in [1.82, 2.24) is 9.61 Å². The van der Waals surface area contributed by atoms with E-state index in [-0.39, 0.29) is 18.1 Å². The summed E-state index contributed by atoms with van der Waals surface area (Å²) in [6.45, 7) is 0. The number of carbonyl (C=O) groups excluding carboxylic acids is 1. The number of halogens is 1. The fraction of sp³-hybridized carbons (Fsp3) is 0.0667. The van der Waals surface area contributed by atoms with Crippen LogP contribution in [0.1, 0.15) is 5.56 Å². The van der Waals surface area contributed by atoms with Gasteiger partial charge in [0.2, 0.25) is 5.91 Å². The monoisotopic (exact) mass is 269 g/mol. The van der Waals surface area contributed by atoms with Gasteiger partial charge in [-0.05, 0) is 35.9 Å². The highest BCUT2D eigenvalue weighted by Gasteiger charge is 2.05. The van der Waals surface area contributed by atoms with Crippen LogP contribution in [0.3, 0.4) is 0 Å². The Kier molecular flexibility index (Phi) is 3.16. The van der Waals surface area contributed by atoms with Crippen molar-refractivity contribution in [3.05, 3.63) is 66.2 Å². The molecule has 0 spiro atoms. The molecular weight excluding hydrogens is 257 g/mol. The number of anilines is 1. The minimum Gasteiger partial charge on any atom is -0.326 e. The van der Waals surface area contributed by atoms with Gasteiger partial charge in [0.15, 0.2) is 0 Å². The fourth-order valence-electron chi connectivity index (χ4n) is 1.99. The second-order valence-electron chi connectivity index (χ2n) is 4.47. The van der Waals surface area contributed by atoms with E-state index < -0.39 is 0 Å². The Hall–Kier alpha value is -2.69. The van der Waals surface area contributed by atoms with Crippen molar-refractivity contribution in [2.24, 2.45) is 0 Å². The molecular formula is C15H12FN3O. The molecule has 0 bridgehead atoms. The van der Waals surface area contributed by atoms with Crippen LogP contribution in [0, 0.1) is 5.82 Å². The van der Waals surface area contributed by atoms with Crippen LogP contribution in [0.5, 0.6) is 0 Å². The molecule has 100 valence electrons. The Morgan fingerprint density at radius 2 is 2.00 bits per heavy atom. The molecule has 1 aromatic carbocycles. The normalized spacial score (nSPS) is 10.7. The molecule has 0 aliphatic rings. The number of rotatable bonds is 3. The van der Waals surface area contributed by atoms with Gasteiger partial charge < -0.3 is 5.32 Å². The summed E-state index contributed by atoms with van der Waals surface area (Å²) in [6, 6.07) is 11.4. The quantitative estimate of drug-likeness (QED) is 0.794. The summed E-state index contributed by atoms with van der Waals surface area (Å²) in [5, 5.41) is 6.90. The standard InChI is InChI=1S/C15H12FN3O/c16-12-3-1-11(2-4-12)9-15(20)18-13-6-8-19-14(10-13)5-7-17-19/h1-8,10H,9H2,(H,18,20). The molecule has 0 unspecified atom stereocenters. The minimum atomic E-state index is -0.305. The van der Waals surface area contributed by atoms with Gasteiger partial charge in [-0.2, -0.15) is 5.10 Å². The predicted octanol–water partition coefficient (Wildman–Crippen LogP) is 2.65. The Morgan fingerprint density at radius 3 is 2.80 bits per heavy atom. The van der Waals surface area contributed by atoms with Gasteiger partial charge >= 0.3 is 0 Å². The van der Waals surface area contributed by atoms with Crippen LogP contribution < -0.4 is 5.32 Å². The fourth-order valence-corrected chi connectivity index (χ4v) is 1.99. The third kappa shape index (κ3) is 2.66. The SMILES string of the molecule is O=C(Cc1ccc(F)cc1)Nc1ccn2nccc2c1. The van der Waals surface area contributed by atoms with Crippen molar-refractivity contribution in [3.63, 3.8) is 0 Å². The Labute approximate surface area is 114 Å². The van der Waals surface area contributed by atoms with Gasteiger partial charge in [-0.1, -0.05) is 12.1 Å². The number of aromatic nitrogens is 2. The molecule has 0 aliphatic carbocycles. The number of carbonyl (C=O) groups is 1. The van der Waals surface area contributed by atoms with E-state index in [1.54, 1.807) is 35.1 Å². The van der Waals surface area contributed by atoms with Gasteiger partial charge in [0, 0.05) is 18.1 Å². The van der Waals surface area contributed by atoms with Crippen molar-refractivity contribution in [3.8, 4) is 0 Å². The van der Waals surface area contributed by atoms with E-state index in [1.165, 1.54) is 12.1 Å². The highest BCUT2D eigenvalue weighted by molar-refractivity contribution is 5.92. The summed E-state index contributed by atoms with van der Waals surface area (Å²) in [5.74, 6) is -0.444. The highest BCUT2D eigenvalue weighted by atomic mass is 19.1. The first-order valence-corrected chi connectivity index (χ1v) is 6.18. The van der Waals surface area contributed by atoms with Crippen LogP contribution in [-0.2, 0) is 11.2 Å². The number of nitrogens with zero attached hydrogens (tertiary/aromatic N) is 2. The second kappa shape index (κ2) is 5.13. The summed E-state index contributed by atoms with van der Waals surface area (Å²) in [5.41, 5.74) is 2.39. The zero-order chi connectivity index (χ0) is 13.9. The molecule has 0 saturated heterocycles. The molecule has 0 saturated carbocycles. The maximum absolute atomic E-state index is 12.8. The summed E-state index contributed by atoms with van der Waals surface area (Å²) in [7, 11) is 0. The van der Waals surface area contributed by atoms with Crippen LogP contribution in [-0.4, -0.2) is 15.5 Å². The maximum atomic E-state index is 12.8. The third-order valence-electron chi connectivity index (χ3n) is 2.96. The molecule has 1 amide bonds. The van der Waals surface area contributed by atoms with Gasteiger partial charge in [-0.15, -0.1) is 0 Å². The molecule has 0 radical (unpaired) electrons. The minimum absolute atomic E-state index is 0.138. The first-order chi connectivity index (χ1) is 9.70. The van der Waals surface area contributed by atoms with E-state index in [0.29, 0.717) is 5.69 Å². The average Bonchev–Trinajstić information content (AvgIpc) is 2.89. The molecule has 20 heavy (non-hydrogen) atoms. The zero-order valence-corrected chi connectivity index (χ0v) is 10.6. The van der Waals surface area contributed by atoms with E-state index in [9.17, 15) is 9.18 Å². The molecule has 4 nitrogen and oxygen atoms in total. The lowest BCUT2D eigenvalue weighted by Crippen LogP contribution is -2.14. The molecule has 0 aliphatic heterocycles. The summed E-state index contributed by atoms with van der Waals surface area (Å²) < 4.78 is 14.5. The number of hydrogen-bond acceptors (Lipinski definition) is 2. The van der Waals surface area contributed by atoms with Crippen LogP contribution >= 0.6 is 0 Å². The van der Waals surface area contributed by atoms with Crippen LogP contribution in [0.4, 0.5) is 10.1 Å². The predicted molar refractivity (Wildman–Crippen MR) is 73.9 cm³/mol. The van der Waals surface area contributed by atoms with Crippen molar-refractivity contribution in [1.29, 1.82) is 0 Å². The third-order valence-corrected chi connectivity index (χ3v) is 2.96. The molecule has 1 N–H and O–H groups in total. The van der Waals surface area contributed by atoms with Gasteiger partial charge in [0.05, 0.1) is 11.9 Å². The lowest BCUT2D eigenvalue weighted by molar-refractivity contribution is -0.115. The molecule has 2 heterocycles. The molecule has 0 atom stereocenters. The summed E-state index contributed by atoms with van der Waals surface area (Å²) in [6.07, 6.45) is 3.69. The largest absolute Gasteiger partial charge is 0.326 e. The van der Waals surface area contributed by atoms with Crippen molar-refractivity contribution < 1.29 is 9.18 Å². The van der Waals surface area contributed by atoms with Gasteiger partial charge in [0.25, 0.3) is 0 Å². The first kappa shape index (κ1) is 12.3. The van der Waals surface area contributed by atoms with Gasteiger partial charge in [0.1, 0.15) is 5.82 Å². The Morgan fingerprint density at radius 1 is 1.20 bits per heavy atom. The topological polar surface area (TPSA) is 46.4 Å². The average molecular weight is 269 g/mol. The number of hydrogen-bond donors (Lipinski definition) is 1. The molecule has 3 aromatic rings. The molecule has 2 aromatic heterocycles. The highest BCUT2D eigenvalue weighted by Crippen LogP contribution is 2.12. The number of pyridine rings is 1. The lowest BCUT2D eigenvalue weighted by Gasteiger charge is -2.06. The van der Waals surface area contributed by atoms with E-state index in [1.807, 2.05) is 12.1 Å². The van der Waals surface area contributed by atoms with Gasteiger partial charge in [-0.25, -0.2) is 8.91 Å².